The quantitative estimate of drug-likeness (QED) is 0.794. The molecule has 0 unspecified atom stereocenters. The van der Waals surface area contributed by atoms with Crippen LogP contribution in [0, 0.1) is 6.92 Å². The zero-order chi connectivity index (χ0) is 16.5. The van der Waals surface area contributed by atoms with Gasteiger partial charge in [0, 0.05) is 17.9 Å². The molecule has 5 heteroatoms. The second kappa shape index (κ2) is 6.09. The molecule has 1 aromatic heterocycles. The molecule has 24 heavy (non-hydrogen) atoms. The molecule has 2 aromatic carbocycles. The third-order valence-corrected chi connectivity index (χ3v) is 4.25. The number of aromatic nitrogens is 1. The predicted octanol–water partition coefficient (Wildman–Crippen LogP) is 3.92. The van der Waals surface area contributed by atoms with Crippen LogP contribution in [0.25, 0.3) is 22.6 Å². The van der Waals surface area contributed by atoms with Gasteiger partial charge in [-0.2, -0.15) is 0 Å². The Labute approximate surface area is 139 Å². The van der Waals surface area contributed by atoms with Crippen LogP contribution in [0.4, 0.5) is 5.69 Å². The number of fused-ring (bicyclic) bond motifs is 1. The van der Waals surface area contributed by atoms with Gasteiger partial charge >= 0.3 is 0 Å². The van der Waals surface area contributed by atoms with Gasteiger partial charge in [-0.3, -0.25) is 4.79 Å². The molecule has 0 radical (unpaired) electrons. The number of carbonyl (C=O) groups excluding carboxylic acids is 1. The number of aryl methyl sites for hydroxylation is 1. The lowest BCUT2D eigenvalue weighted by Crippen LogP contribution is -2.26. The number of ether oxygens (including phenoxy) is 1. The average Bonchev–Trinajstić information content (AvgIpc) is 3.24. The molecule has 1 fully saturated rings. The molecule has 4 rings (SSSR count). The minimum atomic E-state index is -0.347. The standard InChI is InChI=1S/C19H18N2O3/c1-12-5-2-3-6-14(12)19-21-15-11-13(8-9-16(15)24-19)20-18(22)17-7-4-10-23-17/h2-3,5-6,8-9,11,17H,4,7,10H2,1H3,(H,20,22)/t17-/m1/s1. The highest BCUT2D eigenvalue weighted by molar-refractivity contribution is 5.96. The number of anilines is 1. The molecule has 0 bridgehead atoms. The van der Waals surface area contributed by atoms with Crippen LogP contribution in [0.15, 0.2) is 46.9 Å². The van der Waals surface area contributed by atoms with Gasteiger partial charge in [0.25, 0.3) is 5.91 Å². The molecular weight excluding hydrogens is 304 g/mol. The number of amides is 1. The number of nitrogens with one attached hydrogen (secondary N) is 1. The zero-order valence-electron chi connectivity index (χ0n) is 13.4. The normalized spacial score (nSPS) is 17.3. The third-order valence-electron chi connectivity index (χ3n) is 4.25. The molecule has 1 aliphatic rings. The smallest absolute Gasteiger partial charge is 0.253 e. The summed E-state index contributed by atoms with van der Waals surface area (Å²) in [6, 6.07) is 13.4. The fraction of sp³-hybridized carbons (Fsp3) is 0.263. The fourth-order valence-corrected chi connectivity index (χ4v) is 2.94. The number of oxazole rings is 1. The summed E-state index contributed by atoms with van der Waals surface area (Å²) in [5.74, 6) is 0.486. The van der Waals surface area contributed by atoms with Crippen LogP contribution in [-0.4, -0.2) is 23.6 Å². The van der Waals surface area contributed by atoms with E-state index in [4.69, 9.17) is 9.15 Å². The maximum absolute atomic E-state index is 12.1. The van der Waals surface area contributed by atoms with E-state index in [1.807, 2.05) is 49.4 Å². The number of rotatable bonds is 3. The lowest BCUT2D eigenvalue weighted by molar-refractivity contribution is -0.124. The van der Waals surface area contributed by atoms with Gasteiger partial charge in [-0.05, 0) is 49.6 Å². The average molecular weight is 322 g/mol. The first-order valence-electron chi connectivity index (χ1n) is 8.10. The SMILES string of the molecule is Cc1ccccc1-c1nc2cc(NC(=O)[C@H]3CCCO3)ccc2o1. The Balaban J connectivity index is 1.61. The Bertz CT molecular complexity index is 895. The van der Waals surface area contributed by atoms with Gasteiger partial charge in [0.15, 0.2) is 5.58 Å². The van der Waals surface area contributed by atoms with E-state index in [1.165, 1.54) is 0 Å². The van der Waals surface area contributed by atoms with Crippen LogP contribution in [0.3, 0.4) is 0 Å². The lowest BCUT2D eigenvalue weighted by atomic mass is 10.1. The van der Waals surface area contributed by atoms with Gasteiger partial charge < -0.3 is 14.5 Å². The Morgan fingerprint density at radius 2 is 2.12 bits per heavy atom. The van der Waals surface area contributed by atoms with Crippen LogP contribution in [-0.2, 0) is 9.53 Å². The maximum atomic E-state index is 12.1. The van der Waals surface area contributed by atoms with Gasteiger partial charge in [-0.25, -0.2) is 4.98 Å². The van der Waals surface area contributed by atoms with Crippen LogP contribution in [0.1, 0.15) is 18.4 Å². The van der Waals surface area contributed by atoms with E-state index >= 15 is 0 Å². The largest absolute Gasteiger partial charge is 0.436 e. The van der Waals surface area contributed by atoms with Crippen molar-refractivity contribution in [3.63, 3.8) is 0 Å². The Kier molecular flexibility index (Phi) is 3.78. The molecule has 1 atom stereocenters. The molecular formula is C19H18N2O3. The minimum absolute atomic E-state index is 0.102. The highest BCUT2D eigenvalue weighted by atomic mass is 16.5. The molecule has 0 saturated carbocycles. The van der Waals surface area contributed by atoms with Crippen molar-refractivity contribution >= 4 is 22.7 Å². The van der Waals surface area contributed by atoms with Crippen molar-refractivity contribution in [2.45, 2.75) is 25.9 Å². The van der Waals surface area contributed by atoms with Crippen molar-refractivity contribution in [3.8, 4) is 11.5 Å². The summed E-state index contributed by atoms with van der Waals surface area (Å²) in [6.45, 7) is 2.68. The first-order chi connectivity index (χ1) is 11.7. The Morgan fingerprint density at radius 1 is 1.25 bits per heavy atom. The molecule has 2 heterocycles. The van der Waals surface area contributed by atoms with Gasteiger partial charge in [0.05, 0.1) is 0 Å². The van der Waals surface area contributed by atoms with E-state index in [0.717, 1.165) is 29.5 Å². The first kappa shape index (κ1) is 14.9. The van der Waals surface area contributed by atoms with E-state index in [-0.39, 0.29) is 12.0 Å². The van der Waals surface area contributed by atoms with Crippen LogP contribution < -0.4 is 5.32 Å². The van der Waals surface area contributed by atoms with E-state index in [0.29, 0.717) is 23.8 Å². The minimum Gasteiger partial charge on any atom is -0.436 e. The topological polar surface area (TPSA) is 64.4 Å². The van der Waals surface area contributed by atoms with Crippen molar-refractivity contribution in [2.24, 2.45) is 0 Å². The monoisotopic (exact) mass is 322 g/mol. The number of carbonyl (C=O) groups is 1. The second-order valence-corrected chi connectivity index (χ2v) is 6.01. The number of hydrogen-bond acceptors (Lipinski definition) is 4. The highest BCUT2D eigenvalue weighted by Crippen LogP contribution is 2.28. The Morgan fingerprint density at radius 3 is 2.92 bits per heavy atom. The fourth-order valence-electron chi connectivity index (χ4n) is 2.94. The highest BCUT2D eigenvalue weighted by Gasteiger charge is 2.23. The Hall–Kier alpha value is -2.66. The molecule has 0 spiro atoms. The number of benzene rings is 2. The lowest BCUT2D eigenvalue weighted by Gasteiger charge is -2.09. The van der Waals surface area contributed by atoms with Crippen LogP contribution >= 0.6 is 0 Å². The first-order valence-corrected chi connectivity index (χ1v) is 8.10. The van der Waals surface area contributed by atoms with Crippen molar-refractivity contribution in [2.75, 3.05) is 11.9 Å². The molecule has 1 saturated heterocycles. The molecule has 1 aliphatic heterocycles. The summed E-state index contributed by atoms with van der Waals surface area (Å²) in [6.07, 6.45) is 1.36. The van der Waals surface area contributed by atoms with Gasteiger partial charge in [-0.15, -0.1) is 0 Å². The molecule has 0 aliphatic carbocycles. The van der Waals surface area contributed by atoms with Gasteiger partial charge in [0.1, 0.15) is 11.6 Å². The molecule has 1 amide bonds. The third kappa shape index (κ3) is 2.78. The van der Waals surface area contributed by atoms with Crippen molar-refractivity contribution in [1.82, 2.24) is 4.98 Å². The van der Waals surface area contributed by atoms with E-state index in [1.54, 1.807) is 0 Å². The van der Waals surface area contributed by atoms with Crippen molar-refractivity contribution < 1.29 is 13.9 Å². The van der Waals surface area contributed by atoms with Crippen molar-refractivity contribution in [1.29, 1.82) is 0 Å². The van der Waals surface area contributed by atoms with Crippen molar-refractivity contribution in [3.05, 3.63) is 48.0 Å². The summed E-state index contributed by atoms with van der Waals surface area (Å²) in [5.41, 5.74) is 4.20. The number of hydrogen-bond donors (Lipinski definition) is 1. The summed E-state index contributed by atoms with van der Waals surface area (Å²) in [7, 11) is 0. The predicted molar refractivity (Wildman–Crippen MR) is 91.8 cm³/mol. The summed E-state index contributed by atoms with van der Waals surface area (Å²) < 4.78 is 11.2. The molecule has 5 nitrogen and oxygen atoms in total. The number of nitrogens with zero attached hydrogens (tertiary/aromatic N) is 1. The summed E-state index contributed by atoms with van der Waals surface area (Å²) >= 11 is 0. The van der Waals surface area contributed by atoms with E-state index < -0.39 is 0 Å². The van der Waals surface area contributed by atoms with Crippen LogP contribution in [0.2, 0.25) is 0 Å². The van der Waals surface area contributed by atoms with Crippen LogP contribution in [0.5, 0.6) is 0 Å². The molecule has 122 valence electrons. The van der Waals surface area contributed by atoms with Gasteiger partial charge in [-0.1, -0.05) is 18.2 Å². The van der Waals surface area contributed by atoms with Gasteiger partial charge in [0.2, 0.25) is 5.89 Å². The van der Waals surface area contributed by atoms with E-state index in [2.05, 4.69) is 10.3 Å². The molecule has 1 N–H and O–H groups in total. The summed E-state index contributed by atoms with van der Waals surface area (Å²) in [5, 5.41) is 2.89. The maximum Gasteiger partial charge on any atom is 0.253 e. The zero-order valence-corrected chi connectivity index (χ0v) is 13.4. The molecule has 3 aromatic rings. The van der Waals surface area contributed by atoms with E-state index in [9.17, 15) is 4.79 Å². The second-order valence-electron chi connectivity index (χ2n) is 6.01. The summed E-state index contributed by atoms with van der Waals surface area (Å²) in [4.78, 5) is 16.7.